The Labute approximate surface area is 133 Å². The quantitative estimate of drug-likeness (QED) is 0.654. The minimum Gasteiger partial charge on any atom is -0.386 e. The van der Waals surface area contributed by atoms with Crippen LogP contribution < -0.4 is 0 Å². The zero-order valence-electron chi connectivity index (χ0n) is 13.8. The molecule has 1 rings (SSSR count). The molecule has 1 atom stereocenters. The van der Waals surface area contributed by atoms with E-state index in [4.69, 9.17) is 10.7 Å². The molecule has 0 saturated heterocycles. The van der Waals surface area contributed by atoms with Gasteiger partial charge in [-0.25, -0.2) is 4.21 Å². The molecule has 0 aromatic carbocycles. The van der Waals surface area contributed by atoms with Crippen molar-refractivity contribution in [1.82, 2.24) is 4.98 Å². The predicted octanol–water partition coefficient (Wildman–Crippen LogP) is 4.29. The lowest BCUT2D eigenvalue weighted by molar-refractivity contribution is 0.0780. The van der Waals surface area contributed by atoms with Gasteiger partial charge in [0.15, 0.2) is 17.2 Å². The van der Waals surface area contributed by atoms with Crippen LogP contribution in [0.2, 0.25) is 18.1 Å². The number of hydrogen-bond donors (Lipinski definition) is 1. The van der Waals surface area contributed by atoms with Crippen LogP contribution in [0.25, 0.3) is 0 Å². The Morgan fingerprint density at radius 3 is 2.19 bits per heavy atom. The topological polar surface area (TPSA) is 62.6 Å². The van der Waals surface area contributed by atoms with Crippen LogP contribution in [0.5, 0.6) is 0 Å². The van der Waals surface area contributed by atoms with Crippen LogP contribution >= 0.6 is 10.7 Å². The molecule has 0 aliphatic heterocycles. The van der Waals surface area contributed by atoms with Gasteiger partial charge in [-0.1, -0.05) is 20.8 Å². The van der Waals surface area contributed by atoms with Crippen molar-refractivity contribution in [2.75, 3.05) is 0 Å². The highest BCUT2D eigenvalue weighted by atomic mass is 35.7. The molecule has 0 spiro atoms. The third kappa shape index (κ3) is 4.52. The second-order valence-electron chi connectivity index (χ2n) is 7.33. The molecule has 7 heteroatoms. The molecule has 1 unspecified atom stereocenters. The summed E-state index contributed by atoms with van der Waals surface area (Å²) in [5.74, 6) is 0. The molecule has 0 fully saturated rings. The molecule has 1 heterocycles. The summed E-state index contributed by atoms with van der Waals surface area (Å²) in [5, 5.41) is 9.99. The van der Waals surface area contributed by atoms with Gasteiger partial charge < -0.3 is 5.11 Å². The van der Waals surface area contributed by atoms with Crippen LogP contribution in [0, 0.1) is 0 Å². The highest BCUT2D eigenvalue weighted by Gasteiger charge is 2.37. The Hall–Kier alpha value is -0.433. The van der Waals surface area contributed by atoms with E-state index in [9.17, 15) is 9.32 Å². The summed E-state index contributed by atoms with van der Waals surface area (Å²) in [6.07, 6.45) is 3.00. The molecular weight excluding hydrogens is 324 g/mol. The smallest absolute Gasteiger partial charge is 0.194 e. The first kappa shape index (κ1) is 18.6. The monoisotopic (exact) mass is 348 g/mol. The van der Waals surface area contributed by atoms with Crippen molar-refractivity contribution in [2.24, 2.45) is 4.03 Å². The van der Waals surface area contributed by atoms with Gasteiger partial charge in [0.25, 0.3) is 0 Å². The molecule has 4 nitrogen and oxygen atoms in total. The molecule has 0 amide bonds. The third-order valence-corrected chi connectivity index (χ3v) is 12.3. The van der Waals surface area contributed by atoms with Gasteiger partial charge in [0.2, 0.25) is 0 Å². The van der Waals surface area contributed by atoms with Crippen LogP contribution in [0.15, 0.2) is 27.4 Å². The van der Waals surface area contributed by atoms with Crippen molar-refractivity contribution in [3.63, 3.8) is 0 Å². The Kier molecular flexibility index (Phi) is 5.00. The third-order valence-electron chi connectivity index (χ3n) is 3.89. The van der Waals surface area contributed by atoms with Gasteiger partial charge in [0, 0.05) is 28.6 Å². The molecule has 1 aromatic rings. The Morgan fingerprint density at radius 1 is 1.24 bits per heavy atom. The Balaban J connectivity index is 3.42. The summed E-state index contributed by atoms with van der Waals surface area (Å²) in [5.41, 5.74) is -0.495. The SMILES string of the molecule is CC(C)(O)c1cncc(S(=O)(Cl)=N[Si](C)(C)C(C)(C)C)c1. The van der Waals surface area contributed by atoms with E-state index in [1.54, 1.807) is 26.1 Å². The van der Waals surface area contributed by atoms with Gasteiger partial charge in [-0.15, -0.1) is 0 Å². The maximum Gasteiger partial charge on any atom is 0.194 e. The standard InChI is InChI=1S/C14H25ClN2O2SSi/c1-13(2,3)21(6,7)17-20(15,19)12-8-11(9-16-10-12)14(4,5)18/h8-10,18H,1-7H3. The fourth-order valence-electron chi connectivity index (χ4n) is 1.37. The molecule has 0 radical (unpaired) electrons. The summed E-state index contributed by atoms with van der Waals surface area (Å²) in [6, 6.07) is 1.62. The van der Waals surface area contributed by atoms with Crippen LogP contribution in [0.4, 0.5) is 0 Å². The number of rotatable bonds is 3. The average Bonchev–Trinajstić information content (AvgIpc) is 2.25. The second kappa shape index (κ2) is 5.65. The zero-order chi connectivity index (χ0) is 16.7. The lowest BCUT2D eigenvalue weighted by Gasteiger charge is -2.32. The van der Waals surface area contributed by atoms with Crippen molar-refractivity contribution >= 4 is 27.9 Å². The largest absolute Gasteiger partial charge is 0.386 e. The van der Waals surface area contributed by atoms with E-state index in [1.807, 2.05) is 13.1 Å². The van der Waals surface area contributed by atoms with E-state index < -0.39 is 22.8 Å². The summed E-state index contributed by atoms with van der Waals surface area (Å²) in [6.45, 7) is 13.6. The molecule has 0 saturated carbocycles. The molecule has 21 heavy (non-hydrogen) atoms. The first-order valence-electron chi connectivity index (χ1n) is 6.83. The van der Waals surface area contributed by atoms with E-state index in [-0.39, 0.29) is 5.04 Å². The fraction of sp³-hybridized carbons (Fsp3) is 0.643. The minimum atomic E-state index is -3.05. The van der Waals surface area contributed by atoms with Gasteiger partial charge >= 0.3 is 0 Å². The highest BCUT2D eigenvalue weighted by molar-refractivity contribution is 8.16. The van der Waals surface area contributed by atoms with Crippen molar-refractivity contribution in [2.45, 2.75) is 63.2 Å². The summed E-state index contributed by atoms with van der Waals surface area (Å²) >= 11 is 0. The maximum atomic E-state index is 12.8. The second-order valence-corrected chi connectivity index (χ2v) is 15.3. The Bertz CT molecular complexity index is 639. The van der Waals surface area contributed by atoms with Crippen molar-refractivity contribution in [3.8, 4) is 0 Å². The average molecular weight is 349 g/mol. The number of pyridine rings is 1. The van der Waals surface area contributed by atoms with Crippen LogP contribution in [0.1, 0.15) is 40.2 Å². The van der Waals surface area contributed by atoms with E-state index in [1.165, 1.54) is 6.20 Å². The first-order valence-corrected chi connectivity index (χ1v) is 12.1. The van der Waals surface area contributed by atoms with Gasteiger partial charge in [-0.2, -0.15) is 0 Å². The number of hydrogen-bond acceptors (Lipinski definition) is 4. The lowest BCUT2D eigenvalue weighted by atomic mass is 10.0. The van der Waals surface area contributed by atoms with Gasteiger partial charge in [-0.3, -0.25) is 9.01 Å². The van der Waals surface area contributed by atoms with Crippen molar-refractivity contribution < 1.29 is 9.32 Å². The number of nitrogens with zero attached hydrogens (tertiary/aromatic N) is 2. The maximum absolute atomic E-state index is 12.8. The molecule has 120 valence electrons. The summed E-state index contributed by atoms with van der Waals surface area (Å²) in [4.78, 5) is 4.40. The van der Waals surface area contributed by atoms with E-state index >= 15 is 0 Å². The van der Waals surface area contributed by atoms with E-state index in [0.29, 0.717) is 10.5 Å². The Morgan fingerprint density at radius 2 is 1.76 bits per heavy atom. The number of aliphatic hydroxyl groups is 1. The highest BCUT2D eigenvalue weighted by Crippen LogP contribution is 2.39. The minimum absolute atomic E-state index is 0.0498. The molecule has 0 aliphatic rings. The molecule has 1 aromatic heterocycles. The van der Waals surface area contributed by atoms with Crippen molar-refractivity contribution in [3.05, 3.63) is 24.0 Å². The van der Waals surface area contributed by atoms with E-state index in [2.05, 4.69) is 29.8 Å². The lowest BCUT2D eigenvalue weighted by Crippen LogP contribution is -2.35. The molecule has 0 bridgehead atoms. The predicted molar refractivity (Wildman–Crippen MR) is 91.4 cm³/mol. The van der Waals surface area contributed by atoms with Gasteiger partial charge in [-0.05, 0) is 38.0 Å². The van der Waals surface area contributed by atoms with Crippen LogP contribution in [-0.4, -0.2) is 22.5 Å². The summed E-state index contributed by atoms with van der Waals surface area (Å²) < 4.78 is 17.4. The fourth-order valence-corrected chi connectivity index (χ4v) is 7.51. The van der Waals surface area contributed by atoms with E-state index in [0.717, 1.165) is 0 Å². The zero-order valence-corrected chi connectivity index (χ0v) is 16.3. The van der Waals surface area contributed by atoms with Crippen LogP contribution in [0.3, 0.4) is 0 Å². The molecule has 0 aliphatic carbocycles. The van der Waals surface area contributed by atoms with Gasteiger partial charge in [0.05, 0.1) is 10.5 Å². The van der Waals surface area contributed by atoms with Crippen LogP contribution in [-0.2, 0) is 14.5 Å². The number of aromatic nitrogens is 1. The molecular formula is C14H25ClN2O2SSi. The first-order chi connectivity index (χ1) is 9.17. The summed E-state index contributed by atoms with van der Waals surface area (Å²) in [7, 11) is 1.04. The molecule has 1 N–H and O–H groups in total. The number of halogens is 1. The van der Waals surface area contributed by atoms with Gasteiger partial charge in [0.1, 0.15) is 0 Å². The van der Waals surface area contributed by atoms with Crippen molar-refractivity contribution in [1.29, 1.82) is 0 Å². The normalized spacial score (nSPS) is 16.4.